The van der Waals surface area contributed by atoms with E-state index < -0.39 is 12.0 Å². The second-order valence-corrected chi connectivity index (χ2v) is 5.96. The Labute approximate surface area is 165 Å². The third kappa shape index (κ3) is 4.96. The molecule has 3 N–H and O–H groups in total. The third-order valence-corrected chi connectivity index (χ3v) is 4.08. The standard InChI is InChI=1S/C18H19NO2S.Na.H/c1-11(2)12-6-8-13(9-7-12)17(22)15-5-3-4-14(10-15)16(19)18(20)21;;/h3-11,16H,19H2,1-2H3,(H,20,21);;/q;+1;-1. The number of hydrogen-bond donors (Lipinski definition) is 2. The Morgan fingerprint density at radius 3 is 2.22 bits per heavy atom. The van der Waals surface area contributed by atoms with Crippen molar-refractivity contribution < 1.29 is 40.9 Å². The Balaban J connectivity index is 0.00000264. The van der Waals surface area contributed by atoms with Crippen molar-refractivity contribution in [3.05, 3.63) is 70.8 Å². The Hall–Kier alpha value is -1.04. The number of thiocarbonyl (C=S) groups is 1. The summed E-state index contributed by atoms with van der Waals surface area (Å²) in [5, 5.41) is 9.01. The number of carboxylic acid groups (broad SMARTS) is 1. The average molecular weight is 337 g/mol. The smallest absolute Gasteiger partial charge is 1.00 e. The van der Waals surface area contributed by atoms with E-state index in [1.165, 1.54) is 5.56 Å². The van der Waals surface area contributed by atoms with E-state index in [4.69, 9.17) is 23.1 Å². The number of carboxylic acids is 1. The van der Waals surface area contributed by atoms with Crippen molar-refractivity contribution in [1.29, 1.82) is 0 Å². The van der Waals surface area contributed by atoms with Crippen LogP contribution in [0.3, 0.4) is 0 Å². The minimum Gasteiger partial charge on any atom is -1.00 e. The van der Waals surface area contributed by atoms with E-state index in [1.807, 2.05) is 18.2 Å². The molecule has 0 amide bonds. The first-order valence-corrected chi connectivity index (χ1v) is 7.54. The van der Waals surface area contributed by atoms with Gasteiger partial charge in [-0.15, -0.1) is 0 Å². The Morgan fingerprint density at radius 1 is 1.09 bits per heavy atom. The summed E-state index contributed by atoms with van der Waals surface area (Å²) in [7, 11) is 0. The minimum absolute atomic E-state index is 0. The van der Waals surface area contributed by atoms with Gasteiger partial charge in [0.15, 0.2) is 0 Å². The molecule has 2 rings (SSSR count). The fourth-order valence-corrected chi connectivity index (χ4v) is 2.47. The van der Waals surface area contributed by atoms with Crippen molar-refractivity contribution >= 4 is 23.1 Å². The van der Waals surface area contributed by atoms with Gasteiger partial charge in [-0.25, -0.2) is 0 Å². The van der Waals surface area contributed by atoms with Crippen LogP contribution in [0.2, 0.25) is 0 Å². The number of rotatable bonds is 5. The van der Waals surface area contributed by atoms with Gasteiger partial charge in [-0.2, -0.15) is 0 Å². The van der Waals surface area contributed by atoms with Crippen molar-refractivity contribution in [3.8, 4) is 0 Å². The van der Waals surface area contributed by atoms with Crippen LogP contribution in [0.4, 0.5) is 0 Å². The molecule has 0 spiro atoms. The van der Waals surface area contributed by atoms with Gasteiger partial charge < -0.3 is 12.3 Å². The monoisotopic (exact) mass is 337 g/mol. The summed E-state index contributed by atoms with van der Waals surface area (Å²) in [5.74, 6) is -0.580. The molecule has 0 bridgehead atoms. The molecule has 0 saturated heterocycles. The number of nitrogens with two attached hydrogens (primary N) is 1. The fourth-order valence-electron chi connectivity index (χ4n) is 2.20. The van der Waals surface area contributed by atoms with E-state index in [0.717, 1.165) is 11.1 Å². The molecule has 0 saturated carbocycles. The zero-order chi connectivity index (χ0) is 16.3. The van der Waals surface area contributed by atoms with Gasteiger partial charge >= 0.3 is 35.5 Å². The van der Waals surface area contributed by atoms with Crippen LogP contribution in [0.25, 0.3) is 0 Å². The SMILES string of the molecule is CC(C)c1ccc(C(=S)c2cccc(C(N)C(=O)O)c2)cc1.[H-].[Na+]. The molecule has 116 valence electrons. The van der Waals surface area contributed by atoms with Gasteiger partial charge in [-0.3, -0.25) is 4.79 Å². The van der Waals surface area contributed by atoms with E-state index in [2.05, 4.69) is 26.0 Å². The first-order valence-electron chi connectivity index (χ1n) is 7.13. The second kappa shape index (κ2) is 8.71. The number of aliphatic carboxylic acids is 1. The van der Waals surface area contributed by atoms with Gasteiger partial charge in [0.1, 0.15) is 6.04 Å². The first kappa shape index (κ1) is 20.0. The molecular weight excluding hydrogens is 317 g/mol. The zero-order valence-electron chi connectivity index (χ0n) is 14.6. The van der Waals surface area contributed by atoms with E-state index in [9.17, 15) is 4.79 Å². The predicted octanol–water partition coefficient (Wildman–Crippen LogP) is 0.777. The molecule has 5 heteroatoms. The van der Waals surface area contributed by atoms with Crippen LogP contribution in [-0.2, 0) is 4.79 Å². The first-order chi connectivity index (χ1) is 10.4. The molecule has 0 aliphatic heterocycles. The average Bonchev–Trinajstić information content (AvgIpc) is 2.53. The van der Waals surface area contributed by atoms with Crippen LogP contribution in [0, 0.1) is 0 Å². The van der Waals surface area contributed by atoms with Gasteiger partial charge in [-0.1, -0.05) is 68.5 Å². The van der Waals surface area contributed by atoms with Gasteiger partial charge in [0.05, 0.1) is 4.86 Å². The van der Waals surface area contributed by atoms with Crippen LogP contribution in [0.5, 0.6) is 0 Å². The quantitative estimate of drug-likeness (QED) is 0.481. The minimum atomic E-state index is -1.05. The molecule has 2 aromatic rings. The maximum Gasteiger partial charge on any atom is 1.00 e. The van der Waals surface area contributed by atoms with E-state index in [-0.39, 0.29) is 31.0 Å². The van der Waals surface area contributed by atoms with Crippen LogP contribution in [0.15, 0.2) is 48.5 Å². The van der Waals surface area contributed by atoms with Crippen molar-refractivity contribution in [1.82, 2.24) is 0 Å². The largest absolute Gasteiger partial charge is 1.00 e. The van der Waals surface area contributed by atoms with Gasteiger partial charge in [-0.05, 0) is 34.2 Å². The Bertz CT molecular complexity index is 704. The van der Waals surface area contributed by atoms with E-state index >= 15 is 0 Å². The summed E-state index contributed by atoms with van der Waals surface area (Å²) in [5.41, 5.74) is 9.21. The van der Waals surface area contributed by atoms with Crippen LogP contribution in [-0.4, -0.2) is 15.9 Å². The third-order valence-electron chi connectivity index (χ3n) is 3.61. The molecule has 23 heavy (non-hydrogen) atoms. The number of hydrogen-bond acceptors (Lipinski definition) is 3. The summed E-state index contributed by atoms with van der Waals surface area (Å²) >= 11 is 5.52. The molecule has 1 atom stereocenters. The topological polar surface area (TPSA) is 63.3 Å². The van der Waals surface area contributed by atoms with E-state index in [0.29, 0.717) is 16.3 Å². The Morgan fingerprint density at radius 2 is 1.70 bits per heavy atom. The number of benzene rings is 2. The molecule has 0 heterocycles. The summed E-state index contributed by atoms with van der Waals surface area (Å²) in [6.45, 7) is 4.29. The molecule has 0 radical (unpaired) electrons. The van der Waals surface area contributed by atoms with Crippen LogP contribution in [0.1, 0.15) is 49.5 Å². The molecule has 1 unspecified atom stereocenters. The predicted molar refractivity (Wildman–Crippen MR) is 93.5 cm³/mol. The van der Waals surface area contributed by atoms with Crippen molar-refractivity contribution in [2.45, 2.75) is 25.8 Å². The van der Waals surface area contributed by atoms with Gasteiger partial charge in [0, 0.05) is 0 Å². The molecule has 0 fully saturated rings. The summed E-state index contributed by atoms with van der Waals surface area (Å²) in [6, 6.07) is 14.2. The maximum absolute atomic E-state index is 11.0. The molecule has 2 aromatic carbocycles. The number of carbonyl (C=O) groups is 1. The summed E-state index contributed by atoms with van der Waals surface area (Å²) < 4.78 is 0. The second-order valence-electron chi connectivity index (χ2n) is 5.55. The van der Waals surface area contributed by atoms with Gasteiger partial charge in [0.25, 0.3) is 0 Å². The van der Waals surface area contributed by atoms with Gasteiger partial charge in [0.2, 0.25) is 0 Å². The summed E-state index contributed by atoms with van der Waals surface area (Å²) in [4.78, 5) is 11.7. The van der Waals surface area contributed by atoms with Crippen LogP contribution < -0.4 is 35.3 Å². The van der Waals surface area contributed by atoms with Crippen molar-refractivity contribution in [2.75, 3.05) is 0 Å². The molecular formula is C18H20NNaO2S. The normalized spacial score (nSPS) is 11.7. The van der Waals surface area contributed by atoms with Crippen LogP contribution >= 0.6 is 12.2 Å². The molecule has 0 aromatic heterocycles. The molecule has 0 aliphatic rings. The zero-order valence-corrected chi connectivity index (χ0v) is 16.4. The Kier molecular flexibility index (Phi) is 7.58. The maximum atomic E-state index is 11.0. The summed E-state index contributed by atoms with van der Waals surface area (Å²) in [6.07, 6.45) is 0. The van der Waals surface area contributed by atoms with Crippen molar-refractivity contribution in [2.24, 2.45) is 5.73 Å². The molecule has 3 nitrogen and oxygen atoms in total. The fraction of sp³-hybridized carbons (Fsp3) is 0.222. The molecule has 0 aliphatic carbocycles. The van der Waals surface area contributed by atoms with E-state index in [1.54, 1.807) is 18.2 Å². The van der Waals surface area contributed by atoms with Crippen molar-refractivity contribution in [3.63, 3.8) is 0 Å².